The highest BCUT2D eigenvalue weighted by Gasteiger charge is 2.29. The highest BCUT2D eigenvalue weighted by atomic mass is 19.2. The molecule has 0 N–H and O–H groups in total. The molecule has 36 heavy (non-hydrogen) atoms. The van der Waals surface area contributed by atoms with E-state index >= 15 is 8.78 Å². The van der Waals surface area contributed by atoms with Crippen molar-refractivity contribution in [3.8, 4) is 5.75 Å². The smallest absolute Gasteiger partial charge is 0.162 e. The van der Waals surface area contributed by atoms with Crippen LogP contribution < -0.4 is 4.74 Å². The van der Waals surface area contributed by atoms with E-state index in [4.69, 9.17) is 9.47 Å². The van der Waals surface area contributed by atoms with E-state index in [1.165, 1.54) is 6.07 Å². The maximum Gasteiger partial charge on any atom is 0.162 e. The third-order valence-corrected chi connectivity index (χ3v) is 7.76. The Morgan fingerprint density at radius 3 is 2.03 bits per heavy atom. The monoisotopic (exact) mass is 498 g/mol. The number of ether oxygens (including phenoxy) is 2. The highest BCUT2D eigenvalue weighted by molar-refractivity contribution is 5.52. The van der Waals surface area contributed by atoms with Crippen molar-refractivity contribution in [3.05, 3.63) is 83.2 Å². The zero-order valence-corrected chi connectivity index (χ0v) is 21.2. The summed E-state index contributed by atoms with van der Waals surface area (Å²) in [6, 6.07) is 8.46. The standard InChI is InChI=1S/C31H37F3O2/c1-3-19-36-26-16-13-24(29(32)20-26)10-7-21-5-8-22(9-6-21)27-17-18-28(31(34)30(27)33)23-11-14-25(15-12-23)35-4-2/h3,7,10,13,16-18,20-23,25H,1,4-6,8-9,11-12,14-15,19H2,2H3/b10-7+. The van der Waals surface area contributed by atoms with Gasteiger partial charge in [-0.05, 0) is 99.3 Å². The molecule has 194 valence electrons. The minimum Gasteiger partial charge on any atom is -0.489 e. The van der Waals surface area contributed by atoms with Crippen LogP contribution in [-0.4, -0.2) is 19.3 Å². The molecule has 5 heteroatoms. The van der Waals surface area contributed by atoms with E-state index in [0.29, 0.717) is 41.6 Å². The summed E-state index contributed by atoms with van der Waals surface area (Å²) in [7, 11) is 0. The third-order valence-electron chi connectivity index (χ3n) is 7.76. The number of rotatable bonds is 9. The molecule has 0 saturated heterocycles. The second-order valence-electron chi connectivity index (χ2n) is 10.1. The van der Waals surface area contributed by atoms with Crippen LogP contribution in [0.15, 0.2) is 49.1 Å². The summed E-state index contributed by atoms with van der Waals surface area (Å²) >= 11 is 0. The van der Waals surface area contributed by atoms with Crippen LogP contribution in [0.25, 0.3) is 6.08 Å². The Morgan fingerprint density at radius 2 is 1.47 bits per heavy atom. The maximum absolute atomic E-state index is 15.1. The Bertz CT molecular complexity index is 1050. The van der Waals surface area contributed by atoms with Crippen LogP contribution in [0, 0.1) is 23.4 Å². The summed E-state index contributed by atoms with van der Waals surface area (Å²) in [6.45, 7) is 6.61. The van der Waals surface area contributed by atoms with Gasteiger partial charge in [-0.3, -0.25) is 0 Å². The zero-order chi connectivity index (χ0) is 25.5. The molecule has 2 aliphatic carbocycles. The average molecular weight is 499 g/mol. The first-order valence-electron chi connectivity index (χ1n) is 13.3. The Kier molecular flexibility index (Phi) is 9.30. The zero-order valence-electron chi connectivity index (χ0n) is 21.2. The summed E-state index contributed by atoms with van der Waals surface area (Å²) in [6.07, 6.45) is 12.5. The van der Waals surface area contributed by atoms with Crippen molar-refractivity contribution >= 4 is 6.08 Å². The molecule has 0 amide bonds. The molecule has 0 aliphatic heterocycles. The van der Waals surface area contributed by atoms with Crippen LogP contribution >= 0.6 is 0 Å². The maximum atomic E-state index is 15.1. The fourth-order valence-electron chi connectivity index (χ4n) is 5.74. The fourth-order valence-corrected chi connectivity index (χ4v) is 5.74. The summed E-state index contributed by atoms with van der Waals surface area (Å²) in [5.41, 5.74) is 1.54. The van der Waals surface area contributed by atoms with Crippen molar-refractivity contribution in [3.63, 3.8) is 0 Å². The van der Waals surface area contributed by atoms with E-state index in [-0.39, 0.29) is 23.8 Å². The summed E-state index contributed by atoms with van der Waals surface area (Å²) in [5, 5.41) is 0. The molecule has 0 unspecified atom stereocenters. The molecule has 2 nitrogen and oxygen atoms in total. The quantitative estimate of drug-likeness (QED) is 0.322. The van der Waals surface area contributed by atoms with Gasteiger partial charge in [-0.15, -0.1) is 0 Å². The summed E-state index contributed by atoms with van der Waals surface area (Å²) in [4.78, 5) is 0. The van der Waals surface area contributed by atoms with Gasteiger partial charge in [0.2, 0.25) is 0 Å². The molecule has 0 bridgehead atoms. The van der Waals surface area contributed by atoms with Crippen molar-refractivity contribution in [1.29, 1.82) is 0 Å². The minimum atomic E-state index is -0.667. The van der Waals surface area contributed by atoms with E-state index < -0.39 is 11.6 Å². The second-order valence-corrected chi connectivity index (χ2v) is 10.1. The predicted octanol–water partition coefficient (Wildman–Crippen LogP) is 8.72. The molecule has 0 heterocycles. The lowest BCUT2D eigenvalue weighted by atomic mass is 9.77. The van der Waals surface area contributed by atoms with Gasteiger partial charge < -0.3 is 9.47 Å². The number of halogens is 3. The van der Waals surface area contributed by atoms with E-state index in [0.717, 1.165) is 51.4 Å². The molecule has 0 spiro atoms. The first-order valence-corrected chi connectivity index (χ1v) is 13.3. The van der Waals surface area contributed by atoms with Gasteiger partial charge in [0.1, 0.15) is 18.2 Å². The van der Waals surface area contributed by atoms with Crippen molar-refractivity contribution in [2.24, 2.45) is 5.92 Å². The summed E-state index contributed by atoms with van der Waals surface area (Å²) < 4.78 is 55.7. The minimum absolute atomic E-state index is 0.0184. The van der Waals surface area contributed by atoms with Gasteiger partial charge in [-0.1, -0.05) is 36.9 Å². The molecule has 2 aromatic carbocycles. The normalized spacial score (nSPS) is 24.7. The SMILES string of the molecule is C=CCOc1ccc(/C=C/C2CCC(c3ccc(C4CCC(OCC)CC4)c(F)c3F)CC2)c(F)c1. The van der Waals surface area contributed by atoms with Gasteiger partial charge in [-0.2, -0.15) is 0 Å². The Balaban J connectivity index is 1.33. The van der Waals surface area contributed by atoms with Crippen molar-refractivity contribution < 1.29 is 22.6 Å². The first-order chi connectivity index (χ1) is 17.5. The van der Waals surface area contributed by atoms with Crippen LogP contribution in [0.4, 0.5) is 13.2 Å². The lowest BCUT2D eigenvalue weighted by Gasteiger charge is -2.30. The lowest BCUT2D eigenvalue weighted by molar-refractivity contribution is 0.0325. The molecule has 0 atom stereocenters. The fraction of sp³-hybridized carbons (Fsp3) is 0.484. The molecule has 2 fully saturated rings. The molecule has 0 aromatic heterocycles. The Morgan fingerprint density at radius 1 is 0.861 bits per heavy atom. The van der Waals surface area contributed by atoms with Crippen molar-refractivity contribution in [2.75, 3.05) is 13.2 Å². The highest BCUT2D eigenvalue weighted by Crippen LogP contribution is 2.41. The van der Waals surface area contributed by atoms with Crippen LogP contribution in [0.2, 0.25) is 0 Å². The van der Waals surface area contributed by atoms with E-state index in [9.17, 15) is 4.39 Å². The molecular weight excluding hydrogens is 461 g/mol. The van der Waals surface area contributed by atoms with E-state index in [2.05, 4.69) is 6.58 Å². The van der Waals surface area contributed by atoms with Crippen LogP contribution in [-0.2, 0) is 4.74 Å². The van der Waals surface area contributed by atoms with Crippen molar-refractivity contribution in [2.45, 2.75) is 76.2 Å². The van der Waals surface area contributed by atoms with E-state index in [1.807, 2.05) is 31.2 Å². The Hall–Kier alpha value is -2.53. The molecular formula is C31H37F3O2. The molecule has 0 radical (unpaired) electrons. The van der Waals surface area contributed by atoms with Crippen molar-refractivity contribution in [1.82, 2.24) is 0 Å². The first kappa shape index (κ1) is 26.5. The number of hydrogen-bond acceptors (Lipinski definition) is 2. The van der Waals surface area contributed by atoms with Gasteiger partial charge in [0.05, 0.1) is 6.10 Å². The van der Waals surface area contributed by atoms with Crippen LogP contribution in [0.5, 0.6) is 5.75 Å². The average Bonchev–Trinajstić information content (AvgIpc) is 2.90. The number of benzene rings is 2. The van der Waals surface area contributed by atoms with E-state index in [1.54, 1.807) is 18.2 Å². The van der Waals surface area contributed by atoms with Gasteiger partial charge in [0.15, 0.2) is 11.6 Å². The predicted molar refractivity (Wildman–Crippen MR) is 139 cm³/mol. The van der Waals surface area contributed by atoms with Crippen LogP contribution in [0.3, 0.4) is 0 Å². The van der Waals surface area contributed by atoms with Gasteiger partial charge in [-0.25, -0.2) is 13.2 Å². The van der Waals surface area contributed by atoms with Gasteiger partial charge >= 0.3 is 0 Å². The lowest BCUT2D eigenvalue weighted by Crippen LogP contribution is -2.21. The number of hydrogen-bond donors (Lipinski definition) is 0. The number of allylic oxidation sites excluding steroid dienone is 1. The summed E-state index contributed by atoms with van der Waals surface area (Å²) in [5.74, 6) is -0.803. The molecule has 4 rings (SSSR count). The molecule has 2 aromatic rings. The largest absolute Gasteiger partial charge is 0.489 e. The van der Waals surface area contributed by atoms with Gasteiger partial charge in [0.25, 0.3) is 0 Å². The van der Waals surface area contributed by atoms with Gasteiger partial charge in [0, 0.05) is 18.2 Å². The third kappa shape index (κ3) is 6.42. The molecule has 2 saturated carbocycles. The van der Waals surface area contributed by atoms with Crippen LogP contribution in [0.1, 0.15) is 86.8 Å². The topological polar surface area (TPSA) is 18.5 Å². The second kappa shape index (κ2) is 12.6. The Labute approximate surface area is 213 Å². The molecule has 2 aliphatic rings.